The molecule has 2 N–H and O–H groups in total. The van der Waals surface area contributed by atoms with Crippen molar-refractivity contribution in [2.45, 2.75) is 25.8 Å². The largest absolute Gasteiger partial charge is 0.454 e. The Balaban J connectivity index is 1.34. The Morgan fingerprint density at radius 3 is 2.91 bits per heavy atom. The van der Waals surface area contributed by atoms with Crippen LogP contribution >= 0.6 is 11.6 Å². The molecule has 0 bridgehead atoms. The molecule has 0 unspecified atom stereocenters. The van der Waals surface area contributed by atoms with Crippen LogP contribution in [0.3, 0.4) is 0 Å². The predicted molar refractivity (Wildman–Crippen MR) is 134 cm³/mol. The first-order valence-corrected chi connectivity index (χ1v) is 11.9. The van der Waals surface area contributed by atoms with Crippen molar-refractivity contribution in [2.24, 2.45) is 4.99 Å². The molecule has 1 saturated heterocycles. The first-order chi connectivity index (χ1) is 16.6. The molecule has 1 aromatic heterocycles. The maximum atomic E-state index is 12.7. The molecule has 2 aliphatic heterocycles. The number of ether oxygens (including phenoxy) is 1. The smallest absolute Gasteiger partial charge is 0.226 e. The Morgan fingerprint density at radius 2 is 2.09 bits per heavy atom. The van der Waals surface area contributed by atoms with Crippen LogP contribution in [0.1, 0.15) is 24.6 Å². The van der Waals surface area contributed by atoms with E-state index in [2.05, 4.69) is 27.4 Å². The number of para-hydroxylation sites is 1. The maximum absolute atomic E-state index is 12.7. The van der Waals surface area contributed by atoms with Crippen molar-refractivity contribution >= 4 is 34.7 Å². The average Bonchev–Trinajstić information content (AvgIpc) is 3.01. The van der Waals surface area contributed by atoms with Crippen LogP contribution in [-0.4, -0.2) is 47.3 Å². The number of aliphatic imine (C=N–C) groups is 1. The zero-order valence-corrected chi connectivity index (χ0v) is 19.7. The molecule has 0 aliphatic carbocycles. The molecule has 7 nitrogen and oxygen atoms in total. The highest BCUT2D eigenvalue weighted by Crippen LogP contribution is 2.39. The van der Waals surface area contributed by atoms with Crippen molar-refractivity contribution in [2.75, 3.05) is 25.0 Å². The van der Waals surface area contributed by atoms with Gasteiger partial charge in [-0.2, -0.15) is 0 Å². The molecule has 2 aliphatic rings. The fourth-order valence-corrected chi connectivity index (χ4v) is 4.40. The summed E-state index contributed by atoms with van der Waals surface area (Å²) in [6.45, 7) is 4.21. The third-order valence-corrected chi connectivity index (χ3v) is 6.19. The number of nitrogens with zero attached hydrogens (tertiary/aromatic N) is 3. The number of amides is 1. The van der Waals surface area contributed by atoms with Gasteiger partial charge in [-0.1, -0.05) is 30.7 Å². The summed E-state index contributed by atoms with van der Waals surface area (Å²) in [7, 11) is 0. The van der Waals surface area contributed by atoms with E-state index in [1.165, 1.54) is 0 Å². The number of carbonyl (C=O) groups excluding carboxylic acids is 1. The van der Waals surface area contributed by atoms with E-state index in [9.17, 15) is 4.79 Å². The fraction of sp³-hybridized carbons (Fsp3) is 0.269. The summed E-state index contributed by atoms with van der Waals surface area (Å²) in [4.78, 5) is 24.2. The first-order valence-electron chi connectivity index (χ1n) is 11.5. The van der Waals surface area contributed by atoms with E-state index in [1.54, 1.807) is 12.3 Å². The number of hydrogen-bond acceptors (Lipinski definition) is 6. The Labute approximate surface area is 203 Å². The molecule has 8 heteroatoms. The van der Waals surface area contributed by atoms with Crippen LogP contribution in [0.2, 0.25) is 5.02 Å². The molecule has 1 fully saturated rings. The number of pyridine rings is 1. The van der Waals surface area contributed by atoms with Gasteiger partial charge in [-0.15, -0.1) is 0 Å². The molecule has 5 rings (SSSR count). The second-order valence-electron chi connectivity index (χ2n) is 8.39. The van der Waals surface area contributed by atoms with Crippen molar-refractivity contribution in [3.8, 4) is 11.5 Å². The summed E-state index contributed by atoms with van der Waals surface area (Å²) in [5.74, 6) is 2.19. The predicted octanol–water partition coefficient (Wildman–Crippen LogP) is 4.78. The molecule has 174 valence electrons. The second kappa shape index (κ2) is 9.83. The summed E-state index contributed by atoms with van der Waals surface area (Å²) in [6, 6.07) is 17.1. The van der Waals surface area contributed by atoms with Crippen LogP contribution < -0.4 is 15.4 Å². The van der Waals surface area contributed by atoms with E-state index in [-0.39, 0.29) is 11.9 Å². The zero-order chi connectivity index (χ0) is 23.5. The van der Waals surface area contributed by atoms with Crippen molar-refractivity contribution in [1.82, 2.24) is 15.2 Å². The number of aromatic nitrogens is 1. The monoisotopic (exact) mass is 475 g/mol. The summed E-state index contributed by atoms with van der Waals surface area (Å²) < 4.78 is 6.17. The molecule has 1 atom stereocenters. The Kier molecular flexibility index (Phi) is 6.47. The van der Waals surface area contributed by atoms with Crippen molar-refractivity contribution in [3.05, 3.63) is 77.1 Å². The van der Waals surface area contributed by atoms with Crippen LogP contribution in [-0.2, 0) is 11.2 Å². The van der Waals surface area contributed by atoms with E-state index in [0.29, 0.717) is 35.1 Å². The topological polar surface area (TPSA) is 78.9 Å². The zero-order valence-electron chi connectivity index (χ0n) is 18.9. The minimum absolute atomic E-state index is 0.0190. The summed E-state index contributed by atoms with van der Waals surface area (Å²) in [5.41, 5.74) is 3.32. The third-order valence-electron chi connectivity index (χ3n) is 5.95. The first kappa shape index (κ1) is 22.4. The lowest BCUT2D eigenvalue weighted by molar-refractivity contribution is -0.116. The van der Waals surface area contributed by atoms with E-state index in [1.807, 2.05) is 48.5 Å². The SMILES string of the molecule is CCc1ccc(NC(=O)C[C@H]2CN(C3=Nc4cc(Cl)ccc4Oc4ccccc43)CCN2)cn1. The van der Waals surface area contributed by atoms with Gasteiger partial charge in [0, 0.05) is 42.8 Å². The Bertz CT molecular complexity index is 1230. The lowest BCUT2D eigenvalue weighted by atomic mass is 10.1. The normalized spacial score (nSPS) is 17.1. The molecule has 1 amide bonds. The van der Waals surface area contributed by atoms with Gasteiger partial charge in [0.25, 0.3) is 0 Å². The highest BCUT2D eigenvalue weighted by atomic mass is 35.5. The van der Waals surface area contributed by atoms with Gasteiger partial charge in [0.2, 0.25) is 5.91 Å². The van der Waals surface area contributed by atoms with E-state index in [4.69, 9.17) is 21.3 Å². The van der Waals surface area contributed by atoms with Gasteiger partial charge in [-0.25, -0.2) is 4.99 Å². The van der Waals surface area contributed by atoms with Gasteiger partial charge in [-0.3, -0.25) is 9.78 Å². The van der Waals surface area contributed by atoms with Crippen LogP contribution in [0.15, 0.2) is 65.8 Å². The molecule has 0 saturated carbocycles. The number of benzene rings is 2. The molecule has 2 aromatic carbocycles. The maximum Gasteiger partial charge on any atom is 0.226 e. The molecule has 0 radical (unpaired) electrons. The van der Waals surface area contributed by atoms with Crippen LogP contribution in [0.25, 0.3) is 0 Å². The van der Waals surface area contributed by atoms with Crippen molar-refractivity contribution in [3.63, 3.8) is 0 Å². The van der Waals surface area contributed by atoms with Gasteiger partial charge in [0.15, 0.2) is 5.75 Å². The summed E-state index contributed by atoms with van der Waals surface area (Å²) in [6.07, 6.45) is 2.92. The number of aryl methyl sites for hydroxylation is 1. The lowest BCUT2D eigenvalue weighted by Gasteiger charge is -2.35. The number of nitrogens with one attached hydrogen (secondary N) is 2. The third kappa shape index (κ3) is 4.90. The number of amidine groups is 1. The highest BCUT2D eigenvalue weighted by molar-refractivity contribution is 6.31. The number of rotatable bonds is 4. The van der Waals surface area contributed by atoms with Gasteiger partial charge >= 0.3 is 0 Å². The number of hydrogen-bond donors (Lipinski definition) is 2. The Hall–Kier alpha value is -3.42. The van der Waals surface area contributed by atoms with E-state index >= 15 is 0 Å². The van der Waals surface area contributed by atoms with Crippen LogP contribution in [0, 0.1) is 0 Å². The number of carbonyl (C=O) groups is 1. The number of fused-ring (bicyclic) bond motifs is 2. The van der Waals surface area contributed by atoms with Gasteiger partial charge in [0.1, 0.15) is 17.3 Å². The van der Waals surface area contributed by atoms with Crippen LogP contribution in [0.4, 0.5) is 11.4 Å². The molecular weight excluding hydrogens is 450 g/mol. The van der Waals surface area contributed by atoms with Crippen molar-refractivity contribution < 1.29 is 9.53 Å². The quantitative estimate of drug-likeness (QED) is 0.567. The average molecular weight is 476 g/mol. The summed E-state index contributed by atoms with van der Waals surface area (Å²) in [5, 5.41) is 7.02. The molecule has 0 spiro atoms. The highest BCUT2D eigenvalue weighted by Gasteiger charge is 2.28. The molecule has 3 aromatic rings. The Morgan fingerprint density at radius 1 is 1.21 bits per heavy atom. The van der Waals surface area contributed by atoms with Crippen molar-refractivity contribution in [1.29, 1.82) is 0 Å². The van der Waals surface area contributed by atoms with E-state index in [0.717, 1.165) is 42.4 Å². The minimum Gasteiger partial charge on any atom is -0.454 e. The minimum atomic E-state index is -0.0472. The fourth-order valence-electron chi connectivity index (χ4n) is 4.24. The molecule has 34 heavy (non-hydrogen) atoms. The van der Waals surface area contributed by atoms with Gasteiger partial charge in [0.05, 0.1) is 17.4 Å². The molecule has 3 heterocycles. The van der Waals surface area contributed by atoms with Gasteiger partial charge < -0.3 is 20.3 Å². The molecular formula is C26H26ClN5O2. The number of piperazine rings is 1. The second-order valence-corrected chi connectivity index (χ2v) is 8.82. The van der Waals surface area contributed by atoms with Gasteiger partial charge in [-0.05, 0) is 48.9 Å². The number of anilines is 1. The summed E-state index contributed by atoms with van der Waals surface area (Å²) >= 11 is 6.24. The van der Waals surface area contributed by atoms with Crippen LogP contribution in [0.5, 0.6) is 11.5 Å². The standard InChI is InChI=1S/C26H26ClN5O2/c1-2-18-8-9-19(15-29-18)30-25(33)14-20-16-32(12-11-28-20)26-21-5-3-4-6-23(21)34-24-10-7-17(27)13-22(24)31-26/h3-10,13,15,20,28H,2,11-12,14,16H2,1H3,(H,30,33)/t20-/m0/s1. The van der Waals surface area contributed by atoms with E-state index < -0.39 is 0 Å². The lowest BCUT2D eigenvalue weighted by Crippen LogP contribution is -2.53. The number of halogens is 1.